The molecule has 0 radical (unpaired) electrons. The molecule has 0 saturated carbocycles. The van der Waals surface area contributed by atoms with Crippen LogP contribution in [0.3, 0.4) is 0 Å². The van der Waals surface area contributed by atoms with Crippen LogP contribution in [0.5, 0.6) is 0 Å². The van der Waals surface area contributed by atoms with Crippen molar-refractivity contribution in [1.82, 2.24) is 9.55 Å². The number of hydrogen-bond acceptors (Lipinski definition) is 2. The maximum absolute atomic E-state index is 4.43. The van der Waals surface area contributed by atoms with E-state index in [4.69, 9.17) is 0 Å². The van der Waals surface area contributed by atoms with Gasteiger partial charge in [-0.2, -0.15) is 0 Å². The fraction of sp³-hybridized carbons (Fsp3) is 0. The van der Waals surface area contributed by atoms with Crippen LogP contribution in [0.25, 0.3) is 72.0 Å². The second-order valence-corrected chi connectivity index (χ2v) is 14.1. The van der Waals surface area contributed by atoms with Crippen molar-refractivity contribution in [2.45, 2.75) is 0 Å². The highest BCUT2D eigenvalue weighted by Gasteiger charge is 2.16. The lowest BCUT2D eigenvalue weighted by atomic mass is 9.98. The van der Waals surface area contributed by atoms with Crippen LogP contribution in [-0.4, -0.2) is 9.55 Å². The van der Waals surface area contributed by atoms with E-state index in [0.29, 0.717) is 0 Å². The Morgan fingerprint density at radius 3 is 1.34 bits per heavy atom. The second-order valence-electron chi connectivity index (χ2n) is 14.1. The fourth-order valence-electron chi connectivity index (χ4n) is 7.91. The lowest BCUT2D eigenvalue weighted by molar-refractivity contribution is 1.17. The van der Waals surface area contributed by atoms with Crippen LogP contribution in [0.2, 0.25) is 0 Å². The Balaban J connectivity index is 1.01. The van der Waals surface area contributed by atoms with Crippen molar-refractivity contribution in [3.63, 3.8) is 0 Å². The summed E-state index contributed by atoms with van der Waals surface area (Å²) < 4.78 is 2.34. The molecule has 0 atom stereocenters. The SMILES string of the molecule is c1ccc(-c2ccc(N(c3ccc(-c4cccc(-c5ccccc5)c4)cc3)c3ccc(-c4cccc(-n5c6ccccc6c6cnccc65)c4)cc3)cc2)cc1. The molecule has 0 aliphatic carbocycles. The first-order chi connectivity index (χ1) is 27.8. The van der Waals surface area contributed by atoms with Gasteiger partial charge < -0.3 is 9.47 Å². The maximum Gasteiger partial charge on any atom is 0.0571 e. The normalized spacial score (nSPS) is 11.2. The van der Waals surface area contributed by atoms with E-state index in [0.717, 1.165) is 44.8 Å². The first-order valence-electron chi connectivity index (χ1n) is 19.0. The summed E-state index contributed by atoms with van der Waals surface area (Å²) >= 11 is 0. The van der Waals surface area contributed by atoms with Gasteiger partial charge in [-0.15, -0.1) is 0 Å². The standard InChI is InChI=1S/C53H37N3/c1-3-11-38(12-4-1)40-21-27-46(28-22-40)55(47-29-23-41(24-30-47)44-16-9-15-43(35-44)39-13-5-2-6-14-39)48-31-25-42(26-32-48)45-17-10-18-49(36-45)56-52-20-8-7-19-50(52)51-37-54-34-33-53(51)56/h1-37H. The van der Waals surface area contributed by atoms with Crippen LogP contribution < -0.4 is 4.90 Å². The third kappa shape index (κ3) is 6.21. The number of aromatic nitrogens is 2. The third-order valence-corrected chi connectivity index (χ3v) is 10.7. The van der Waals surface area contributed by atoms with Crippen LogP contribution in [-0.2, 0) is 0 Å². The first-order valence-corrected chi connectivity index (χ1v) is 19.0. The Labute approximate surface area is 327 Å². The van der Waals surface area contributed by atoms with Crippen molar-refractivity contribution < 1.29 is 0 Å². The summed E-state index contributed by atoms with van der Waals surface area (Å²) in [5.41, 5.74) is 16.3. The van der Waals surface area contributed by atoms with Crippen LogP contribution >= 0.6 is 0 Å². The average Bonchev–Trinajstić information content (AvgIpc) is 3.62. The molecule has 0 saturated heterocycles. The van der Waals surface area contributed by atoms with E-state index < -0.39 is 0 Å². The number of benzene rings is 8. The van der Waals surface area contributed by atoms with Crippen LogP contribution in [0.1, 0.15) is 0 Å². The molecular formula is C53H37N3. The molecule has 8 aromatic carbocycles. The molecule has 0 amide bonds. The molecule has 264 valence electrons. The number of fused-ring (bicyclic) bond motifs is 3. The molecule has 10 aromatic rings. The molecule has 0 fully saturated rings. The topological polar surface area (TPSA) is 21.1 Å². The highest BCUT2D eigenvalue weighted by molar-refractivity contribution is 6.08. The largest absolute Gasteiger partial charge is 0.311 e. The number of hydrogen-bond donors (Lipinski definition) is 0. The minimum absolute atomic E-state index is 1.09. The monoisotopic (exact) mass is 715 g/mol. The van der Waals surface area contributed by atoms with Crippen LogP contribution in [0.15, 0.2) is 225 Å². The van der Waals surface area contributed by atoms with Crippen LogP contribution in [0.4, 0.5) is 17.1 Å². The lowest BCUT2D eigenvalue weighted by Crippen LogP contribution is -2.09. The molecule has 0 unspecified atom stereocenters. The molecule has 0 aliphatic rings. The average molecular weight is 716 g/mol. The number of rotatable bonds is 8. The summed E-state index contributed by atoms with van der Waals surface area (Å²) in [6, 6.07) is 76.1. The molecular weight excluding hydrogens is 679 g/mol. The van der Waals surface area contributed by atoms with Gasteiger partial charge in [0.15, 0.2) is 0 Å². The maximum atomic E-state index is 4.43. The van der Waals surface area contributed by atoms with E-state index in [1.807, 2.05) is 12.4 Å². The number of anilines is 3. The van der Waals surface area contributed by atoms with Gasteiger partial charge in [0.1, 0.15) is 0 Å². The zero-order chi connectivity index (χ0) is 37.3. The Kier molecular flexibility index (Phi) is 8.51. The van der Waals surface area contributed by atoms with Crippen molar-refractivity contribution in [3.8, 4) is 50.2 Å². The minimum atomic E-state index is 1.09. The van der Waals surface area contributed by atoms with E-state index in [9.17, 15) is 0 Å². The van der Waals surface area contributed by atoms with Gasteiger partial charge >= 0.3 is 0 Å². The van der Waals surface area contributed by atoms with Gasteiger partial charge in [0.05, 0.1) is 11.0 Å². The van der Waals surface area contributed by atoms with Gasteiger partial charge in [0.2, 0.25) is 0 Å². The molecule has 0 spiro atoms. The van der Waals surface area contributed by atoms with Gasteiger partial charge in [-0.05, 0) is 111 Å². The Hall–Kier alpha value is -7.49. The summed E-state index contributed by atoms with van der Waals surface area (Å²) in [6.45, 7) is 0. The van der Waals surface area contributed by atoms with E-state index in [1.54, 1.807) is 0 Å². The molecule has 10 rings (SSSR count). The van der Waals surface area contributed by atoms with E-state index >= 15 is 0 Å². The summed E-state index contributed by atoms with van der Waals surface area (Å²) in [5, 5.41) is 2.36. The smallest absolute Gasteiger partial charge is 0.0571 e. The van der Waals surface area contributed by atoms with Crippen molar-refractivity contribution in [3.05, 3.63) is 225 Å². The van der Waals surface area contributed by atoms with Gasteiger partial charge in [0.25, 0.3) is 0 Å². The highest BCUT2D eigenvalue weighted by Crippen LogP contribution is 2.39. The lowest BCUT2D eigenvalue weighted by Gasteiger charge is -2.26. The van der Waals surface area contributed by atoms with Crippen LogP contribution in [0, 0.1) is 0 Å². The molecule has 3 heteroatoms. The summed E-state index contributed by atoms with van der Waals surface area (Å²) in [4.78, 5) is 6.77. The zero-order valence-electron chi connectivity index (χ0n) is 30.7. The van der Waals surface area contributed by atoms with Gasteiger partial charge in [0, 0.05) is 45.9 Å². The highest BCUT2D eigenvalue weighted by atomic mass is 15.1. The minimum Gasteiger partial charge on any atom is -0.311 e. The molecule has 2 heterocycles. The predicted molar refractivity (Wildman–Crippen MR) is 235 cm³/mol. The fourth-order valence-corrected chi connectivity index (χ4v) is 7.91. The Bertz CT molecular complexity index is 2880. The van der Waals surface area contributed by atoms with Gasteiger partial charge in [-0.25, -0.2) is 0 Å². The molecule has 0 aliphatic heterocycles. The molecule has 2 aromatic heterocycles. The van der Waals surface area contributed by atoms with E-state index in [2.05, 4.69) is 227 Å². The Morgan fingerprint density at radius 1 is 0.321 bits per heavy atom. The Morgan fingerprint density at radius 2 is 0.750 bits per heavy atom. The quantitative estimate of drug-likeness (QED) is 0.156. The second kappa shape index (κ2) is 14.4. The van der Waals surface area contributed by atoms with Gasteiger partial charge in [-0.3, -0.25) is 4.98 Å². The summed E-state index contributed by atoms with van der Waals surface area (Å²) in [7, 11) is 0. The zero-order valence-corrected chi connectivity index (χ0v) is 30.7. The summed E-state index contributed by atoms with van der Waals surface area (Å²) in [6.07, 6.45) is 3.84. The molecule has 0 N–H and O–H groups in total. The molecule has 56 heavy (non-hydrogen) atoms. The molecule has 0 bridgehead atoms. The number of pyridine rings is 1. The summed E-state index contributed by atoms with van der Waals surface area (Å²) in [5.74, 6) is 0. The van der Waals surface area contributed by atoms with E-state index in [-0.39, 0.29) is 0 Å². The van der Waals surface area contributed by atoms with Crippen molar-refractivity contribution in [2.75, 3.05) is 4.90 Å². The van der Waals surface area contributed by atoms with Crippen molar-refractivity contribution in [1.29, 1.82) is 0 Å². The van der Waals surface area contributed by atoms with Crippen molar-refractivity contribution >= 4 is 38.9 Å². The van der Waals surface area contributed by atoms with E-state index in [1.165, 1.54) is 44.3 Å². The van der Waals surface area contributed by atoms with Crippen molar-refractivity contribution in [2.24, 2.45) is 0 Å². The number of nitrogens with zero attached hydrogens (tertiary/aromatic N) is 3. The van der Waals surface area contributed by atoms with Gasteiger partial charge in [-0.1, -0.05) is 146 Å². The third-order valence-electron chi connectivity index (χ3n) is 10.7. The number of para-hydroxylation sites is 1. The molecule has 3 nitrogen and oxygen atoms in total. The first kappa shape index (κ1) is 33.1. The predicted octanol–water partition coefficient (Wildman–Crippen LogP) is 14.3.